The first-order valence-electron chi connectivity index (χ1n) is 9.78. The number of rotatable bonds is 0. The highest BCUT2D eigenvalue weighted by Gasteiger charge is 2.59. The standard InChI is InChI=1S/C21H31BrO/c1-20-11-8-19-17(18(20)6-4-14(20)9-12-22)5-3-15-13-16(23)7-10-21(15,19)2/h14-19,23H,3-8,10-11,13H2,1-2H3/t14?,15?,16?,17-,18-,19+,20+,21-/m0/s1. The molecule has 0 aromatic heterocycles. The summed E-state index contributed by atoms with van der Waals surface area (Å²) in [4.78, 5) is 3.03. The summed E-state index contributed by atoms with van der Waals surface area (Å²) in [6.45, 7) is 5.12. The van der Waals surface area contributed by atoms with Crippen molar-refractivity contribution in [1.29, 1.82) is 0 Å². The van der Waals surface area contributed by atoms with E-state index >= 15 is 0 Å². The first-order valence-corrected chi connectivity index (χ1v) is 10.6. The van der Waals surface area contributed by atoms with Gasteiger partial charge in [-0.15, -0.1) is 0 Å². The average Bonchev–Trinajstić information content (AvgIpc) is 2.85. The molecule has 4 aliphatic carbocycles. The third-order valence-corrected chi connectivity index (χ3v) is 9.10. The molecule has 4 aliphatic rings. The molecule has 0 spiro atoms. The average molecular weight is 379 g/mol. The van der Waals surface area contributed by atoms with Gasteiger partial charge in [-0.05, 0) is 97.1 Å². The molecular weight excluding hydrogens is 348 g/mol. The van der Waals surface area contributed by atoms with Gasteiger partial charge < -0.3 is 5.11 Å². The summed E-state index contributed by atoms with van der Waals surface area (Å²) >= 11 is 3.34. The molecule has 23 heavy (non-hydrogen) atoms. The molecular formula is C21H31BrO. The number of hydrogen-bond acceptors (Lipinski definition) is 1. The topological polar surface area (TPSA) is 20.2 Å². The van der Waals surface area contributed by atoms with E-state index in [0.29, 0.717) is 16.7 Å². The summed E-state index contributed by atoms with van der Waals surface area (Å²) in [6, 6.07) is 0. The van der Waals surface area contributed by atoms with Crippen LogP contribution in [-0.2, 0) is 0 Å². The fraction of sp³-hybridized carbons (Fsp3) is 0.905. The fourth-order valence-corrected chi connectivity index (χ4v) is 7.81. The Morgan fingerprint density at radius 2 is 1.65 bits per heavy atom. The summed E-state index contributed by atoms with van der Waals surface area (Å²) in [5.74, 6) is 7.58. The SMILES string of the molecule is C[C@]12CCC(O)CC1CC[C@@H]1[C@H]2CC[C@]2(C)C(C#CBr)CC[C@@H]12. The summed E-state index contributed by atoms with van der Waals surface area (Å²) in [7, 11) is 0. The van der Waals surface area contributed by atoms with Crippen molar-refractivity contribution in [1.82, 2.24) is 0 Å². The Kier molecular flexibility index (Phi) is 4.13. The van der Waals surface area contributed by atoms with E-state index in [1.807, 2.05) is 0 Å². The van der Waals surface area contributed by atoms with Gasteiger partial charge in [0.05, 0.1) is 6.10 Å². The van der Waals surface area contributed by atoms with Crippen molar-refractivity contribution < 1.29 is 5.11 Å². The van der Waals surface area contributed by atoms with Crippen molar-refractivity contribution in [2.75, 3.05) is 0 Å². The highest BCUT2D eigenvalue weighted by atomic mass is 79.9. The number of aliphatic hydroxyl groups is 1. The van der Waals surface area contributed by atoms with E-state index in [-0.39, 0.29) is 6.10 Å². The Hall–Kier alpha value is 0. The van der Waals surface area contributed by atoms with Gasteiger partial charge in [-0.1, -0.05) is 19.8 Å². The number of hydrogen-bond donors (Lipinski definition) is 1. The van der Waals surface area contributed by atoms with Crippen LogP contribution in [0.3, 0.4) is 0 Å². The van der Waals surface area contributed by atoms with Crippen LogP contribution in [0.2, 0.25) is 0 Å². The van der Waals surface area contributed by atoms with Crippen LogP contribution < -0.4 is 0 Å². The van der Waals surface area contributed by atoms with Crippen LogP contribution in [0.1, 0.15) is 71.6 Å². The highest BCUT2D eigenvalue weighted by molar-refractivity contribution is 9.12. The molecule has 4 rings (SSSR count). The van der Waals surface area contributed by atoms with Crippen LogP contribution in [0, 0.1) is 51.2 Å². The molecule has 4 saturated carbocycles. The van der Waals surface area contributed by atoms with Gasteiger partial charge in [0.15, 0.2) is 0 Å². The predicted octanol–water partition coefficient (Wildman–Crippen LogP) is 5.36. The second kappa shape index (κ2) is 5.77. The van der Waals surface area contributed by atoms with E-state index in [9.17, 15) is 5.11 Å². The van der Waals surface area contributed by atoms with Crippen molar-refractivity contribution in [3.05, 3.63) is 0 Å². The summed E-state index contributed by atoms with van der Waals surface area (Å²) < 4.78 is 0. The lowest BCUT2D eigenvalue weighted by atomic mass is 9.44. The minimum absolute atomic E-state index is 0.0245. The van der Waals surface area contributed by atoms with Crippen molar-refractivity contribution in [2.45, 2.75) is 77.7 Å². The van der Waals surface area contributed by atoms with Crippen molar-refractivity contribution >= 4 is 15.9 Å². The first kappa shape index (κ1) is 16.5. The van der Waals surface area contributed by atoms with Crippen LogP contribution >= 0.6 is 15.9 Å². The van der Waals surface area contributed by atoms with Gasteiger partial charge in [-0.3, -0.25) is 0 Å². The normalized spacial score (nSPS) is 55.1. The van der Waals surface area contributed by atoms with Crippen LogP contribution in [-0.4, -0.2) is 11.2 Å². The Labute approximate surface area is 150 Å². The first-order chi connectivity index (χ1) is 11.0. The van der Waals surface area contributed by atoms with E-state index in [1.165, 1.54) is 44.9 Å². The van der Waals surface area contributed by atoms with Gasteiger partial charge in [0.2, 0.25) is 0 Å². The minimum atomic E-state index is -0.0245. The number of aliphatic hydroxyl groups excluding tert-OH is 1. The van der Waals surface area contributed by atoms with Gasteiger partial charge in [0.25, 0.3) is 0 Å². The largest absolute Gasteiger partial charge is 0.393 e. The maximum atomic E-state index is 10.1. The fourth-order valence-electron chi connectivity index (χ4n) is 7.54. The summed E-state index contributed by atoms with van der Waals surface area (Å²) in [5, 5.41) is 10.1. The van der Waals surface area contributed by atoms with E-state index in [1.54, 1.807) is 0 Å². The maximum Gasteiger partial charge on any atom is 0.0543 e. The molecule has 4 fully saturated rings. The molecule has 0 bridgehead atoms. The zero-order valence-electron chi connectivity index (χ0n) is 14.7. The molecule has 0 radical (unpaired) electrons. The highest BCUT2D eigenvalue weighted by Crippen LogP contribution is 2.67. The molecule has 0 aromatic carbocycles. The molecule has 0 aliphatic heterocycles. The summed E-state index contributed by atoms with van der Waals surface area (Å²) in [6.07, 6.45) is 11.6. The smallest absolute Gasteiger partial charge is 0.0543 e. The van der Waals surface area contributed by atoms with Gasteiger partial charge in [-0.25, -0.2) is 0 Å². The summed E-state index contributed by atoms with van der Waals surface area (Å²) in [5.41, 5.74) is 0.960. The molecule has 8 atom stereocenters. The van der Waals surface area contributed by atoms with Crippen LogP contribution in [0.5, 0.6) is 0 Å². The van der Waals surface area contributed by atoms with E-state index < -0.39 is 0 Å². The molecule has 0 amide bonds. The quantitative estimate of drug-likeness (QED) is 0.562. The van der Waals surface area contributed by atoms with E-state index in [4.69, 9.17) is 0 Å². The molecule has 0 heterocycles. The van der Waals surface area contributed by atoms with Gasteiger partial charge >= 0.3 is 0 Å². The second-order valence-electron chi connectivity index (χ2n) is 9.50. The lowest BCUT2D eigenvalue weighted by Gasteiger charge is -2.60. The number of fused-ring (bicyclic) bond motifs is 5. The van der Waals surface area contributed by atoms with Gasteiger partial charge in [-0.2, -0.15) is 0 Å². The third kappa shape index (κ3) is 2.36. The molecule has 128 valence electrons. The molecule has 0 saturated heterocycles. The Bertz CT molecular complexity index is 534. The third-order valence-electron chi connectivity index (χ3n) is 8.87. The van der Waals surface area contributed by atoms with Gasteiger partial charge in [0.1, 0.15) is 0 Å². The monoisotopic (exact) mass is 378 g/mol. The lowest BCUT2D eigenvalue weighted by molar-refractivity contribution is -0.124. The molecule has 0 aromatic rings. The van der Waals surface area contributed by atoms with E-state index in [0.717, 1.165) is 36.5 Å². The van der Waals surface area contributed by atoms with Crippen molar-refractivity contribution in [3.8, 4) is 10.8 Å². The number of halogens is 1. The van der Waals surface area contributed by atoms with Crippen LogP contribution in [0.15, 0.2) is 0 Å². The van der Waals surface area contributed by atoms with E-state index in [2.05, 4.69) is 40.5 Å². The predicted molar refractivity (Wildman–Crippen MR) is 97.9 cm³/mol. The van der Waals surface area contributed by atoms with Gasteiger partial charge in [0, 0.05) is 21.8 Å². The maximum absolute atomic E-state index is 10.1. The zero-order chi connectivity index (χ0) is 16.2. The molecule has 3 unspecified atom stereocenters. The molecule has 1 N–H and O–H groups in total. The Morgan fingerprint density at radius 1 is 0.913 bits per heavy atom. The second-order valence-corrected chi connectivity index (χ2v) is 9.89. The van der Waals surface area contributed by atoms with Crippen LogP contribution in [0.4, 0.5) is 0 Å². The Balaban J connectivity index is 1.61. The van der Waals surface area contributed by atoms with Crippen molar-refractivity contribution in [3.63, 3.8) is 0 Å². The van der Waals surface area contributed by atoms with Crippen molar-refractivity contribution in [2.24, 2.45) is 40.4 Å². The minimum Gasteiger partial charge on any atom is -0.393 e. The lowest BCUT2D eigenvalue weighted by Crippen LogP contribution is -2.53. The van der Waals surface area contributed by atoms with Crippen LogP contribution in [0.25, 0.3) is 0 Å². The molecule has 2 heteroatoms. The Morgan fingerprint density at radius 3 is 2.43 bits per heavy atom. The zero-order valence-corrected chi connectivity index (χ0v) is 16.2. The molecule has 1 nitrogen and oxygen atoms in total.